The summed E-state index contributed by atoms with van der Waals surface area (Å²) in [6, 6.07) is 4.56. The number of benzene rings is 1. The van der Waals surface area contributed by atoms with Crippen LogP contribution < -0.4 is 4.72 Å². The smallest absolute Gasteiger partial charge is 0.266 e. The lowest BCUT2D eigenvalue weighted by atomic mass is 10.1. The van der Waals surface area contributed by atoms with Crippen LogP contribution in [0.25, 0.3) is 0 Å². The van der Waals surface area contributed by atoms with Crippen molar-refractivity contribution >= 4 is 55.0 Å². The molecule has 0 atom stereocenters. The highest BCUT2D eigenvalue weighted by atomic mass is 79.9. The van der Waals surface area contributed by atoms with Crippen molar-refractivity contribution in [3.05, 3.63) is 38.4 Å². The summed E-state index contributed by atoms with van der Waals surface area (Å²) in [6.07, 6.45) is 0. The molecule has 0 fully saturated rings. The average Bonchev–Trinajstić information content (AvgIpc) is 2.74. The predicted octanol–water partition coefficient (Wildman–Crippen LogP) is 4.40. The zero-order valence-electron chi connectivity index (χ0n) is 11.1. The average molecular weight is 413 g/mol. The zero-order chi connectivity index (χ0) is 15.8. The van der Waals surface area contributed by atoms with Gasteiger partial charge in [-0.05, 0) is 18.1 Å². The maximum Gasteiger partial charge on any atom is 0.266 e. The van der Waals surface area contributed by atoms with Gasteiger partial charge in [0.15, 0.2) is 5.82 Å². The zero-order valence-corrected chi connectivity index (χ0v) is 15.0. The van der Waals surface area contributed by atoms with Gasteiger partial charge < -0.3 is 0 Å². The quantitative estimate of drug-likeness (QED) is 0.781. The van der Waals surface area contributed by atoms with Crippen molar-refractivity contribution in [1.29, 1.82) is 0 Å². The molecule has 0 aliphatic rings. The van der Waals surface area contributed by atoms with Crippen LogP contribution in [0.15, 0.2) is 27.6 Å². The van der Waals surface area contributed by atoms with Crippen molar-refractivity contribution in [3.63, 3.8) is 0 Å². The summed E-state index contributed by atoms with van der Waals surface area (Å²) < 4.78 is 27.7. The Morgan fingerprint density at radius 3 is 2.29 bits per heavy atom. The predicted molar refractivity (Wildman–Crippen MR) is 87.6 cm³/mol. The van der Waals surface area contributed by atoms with E-state index >= 15 is 0 Å². The second kappa shape index (κ2) is 6.16. The second-order valence-electron chi connectivity index (χ2n) is 4.67. The maximum absolute atomic E-state index is 12.4. The Labute approximate surface area is 141 Å². The van der Waals surface area contributed by atoms with E-state index in [0.717, 1.165) is 5.69 Å². The van der Waals surface area contributed by atoms with Crippen molar-refractivity contribution < 1.29 is 8.42 Å². The molecule has 0 aliphatic heterocycles. The first kappa shape index (κ1) is 16.6. The van der Waals surface area contributed by atoms with E-state index in [1.807, 2.05) is 13.8 Å². The second-order valence-corrected chi connectivity index (χ2v) is 8.02. The molecule has 2 aromatic rings. The molecule has 2 N–H and O–H groups in total. The lowest BCUT2D eigenvalue weighted by molar-refractivity contribution is 0.601. The number of aromatic amines is 1. The number of aromatic nitrogens is 2. The third-order valence-electron chi connectivity index (χ3n) is 2.69. The van der Waals surface area contributed by atoms with E-state index in [1.54, 1.807) is 6.07 Å². The van der Waals surface area contributed by atoms with Crippen LogP contribution in [0.4, 0.5) is 5.82 Å². The van der Waals surface area contributed by atoms with Crippen molar-refractivity contribution in [3.8, 4) is 0 Å². The Bertz CT molecular complexity index is 752. The third-order valence-corrected chi connectivity index (χ3v) is 5.42. The van der Waals surface area contributed by atoms with Gasteiger partial charge in [0.05, 0.1) is 10.0 Å². The molecule has 21 heavy (non-hydrogen) atoms. The SMILES string of the molecule is CC(C)c1cc(NS(=O)(=O)c2c(Cl)cc(Br)cc2Cl)n[nH]1. The summed E-state index contributed by atoms with van der Waals surface area (Å²) >= 11 is 15.2. The first-order valence-corrected chi connectivity index (χ1v) is 8.96. The Kier molecular flexibility index (Phi) is 4.87. The normalized spacial score (nSPS) is 11.9. The molecule has 0 radical (unpaired) electrons. The highest BCUT2D eigenvalue weighted by Gasteiger charge is 2.23. The minimum Gasteiger partial charge on any atom is -0.280 e. The van der Waals surface area contributed by atoms with E-state index in [9.17, 15) is 8.42 Å². The standard InChI is InChI=1S/C12H12BrCl2N3O2S/c1-6(2)10-5-11(17-16-10)18-21(19,20)12-8(14)3-7(13)4-9(12)15/h3-6H,1-2H3,(H2,16,17,18). The molecule has 0 aliphatic carbocycles. The lowest BCUT2D eigenvalue weighted by Gasteiger charge is -2.09. The number of hydrogen-bond acceptors (Lipinski definition) is 3. The number of rotatable bonds is 4. The molecular weight excluding hydrogens is 401 g/mol. The summed E-state index contributed by atoms with van der Waals surface area (Å²) in [5, 5.41) is 6.74. The number of nitrogens with zero attached hydrogens (tertiary/aromatic N) is 1. The van der Waals surface area contributed by atoms with Gasteiger partial charge in [-0.15, -0.1) is 0 Å². The van der Waals surface area contributed by atoms with Crippen LogP contribution in [0, 0.1) is 0 Å². The molecule has 5 nitrogen and oxygen atoms in total. The van der Waals surface area contributed by atoms with Gasteiger partial charge in [-0.2, -0.15) is 5.10 Å². The molecule has 9 heteroatoms. The monoisotopic (exact) mass is 411 g/mol. The first-order valence-electron chi connectivity index (χ1n) is 5.93. The molecule has 1 aromatic carbocycles. The molecule has 2 rings (SSSR count). The fraction of sp³-hybridized carbons (Fsp3) is 0.250. The van der Waals surface area contributed by atoms with Gasteiger partial charge in [0.25, 0.3) is 10.0 Å². The molecule has 1 heterocycles. The van der Waals surface area contributed by atoms with Crippen LogP contribution >= 0.6 is 39.1 Å². The molecule has 0 bridgehead atoms. The van der Waals surface area contributed by atoms with E-state index in [2.05, 4.69) is 30.8 Å². The van der Waals surface area contributed by atoms with E-state index in [-0.39, 0.29) is 26.7 Å². The fourth-order valence-corrected chi connectivity index (χ4v) is 4.59. The highest BCUT2D eigenvalue weighted by Crippen LogP contribution is 2.33. The summed E-state index contributed by atoms with van der Waals surface area (Å²) in [5.74, 6) is 0.393. The Balaban J connectivity index is 2.38. The summed E-state index contributed by atoms with van der Waals surface area (Å²) in [7, 11) is -3.92. The van der Waals surface area contributed by atoms with E-state index in [4.69, 9.17) is 23.2 Å². The Morgan fingerprint density at radius 1 is 1.24 bits per heavy atom. The highest BCUT2D eigenvalue weighted by molar-refractivity contribution is 9.10. The van der Waals surface area contributed by atoms with Crippen LogP contribution in [-0.2, 0) is 10.0 Å². The van der Waals surface area contributed by atoms with E-state index in [0.29, 0.717) is 4.47 Å². The van der Waals surface area contributed by atoms with E-state index in [1.165, 1.54) is 12.1 Å². The number of hydrogen-bond donors (Lipinski definition) is 2. The molecule has 0 spiro atoms. The molecule has 0 saturated heterocycles. The van der Waals surface area contributed by atoms with Gasteiger partial charge in [-0.1, -0.05) is 53.0 Å². The van der Waals surface area contributed by atoms with Crippen LogP contribution in [0.3, 0.4) is 0 Å². The summed E-state index contributed by atoms with van der Waals surface area (Å²) in [6.45, 7) is 3.93. The van der Waals surface area contributed by atoms with E-state index < -0.39 is 10.0 Å². The fourth-order valence-electron chi connectivity index (χ4n) is 1.66. The number of sulfonamides is 1. The molecule has 0 amide bonds. The summed E-state index contributed by atoms with van der Waals surface area (Å²) in [4.78, 5) is -0.178. The molecule has 1 aromatic heterocycles. The minimum absolute atomic E-state index is 0.0292. The van der Waals surface area contributed by atoms with Gasteiger partial charge in [-0.3, -0.25) is 9.82 Å². The molecule has 0 saturated carbocycles. The molecular formula is C12H12BrCl2N3O2S. The van der Waals surface area contributed by atoms with Crippen LogP contribution in [0.2, 0.25) is 10.0 Å². The van der Waals surface area contributed by atoms with Gasteiger partial charge in [0.2, 0.25) is 0 Å². The lowest BCUT2D eigenvalue weighted by Crippen LogP contribution is -2.14. The largest absolute Gasteiger partial charge is 0.280 e. The number of H-pyrrole nitrogens is 1. The molecule has 114 valence electrons. The Morgan fingerprint density at radius 2 is 1.81 bits per heavy atom. The van der Waals surface area contributed by atoms with Crippen molar-refractivity contribution in [2.24, 2.45) is 0 Å². The van der Waals surface area contributed by atoms with Crippen LogP contribution in [0.5, 0.6) is 0 Å². The van der Waals surface area contributed by atoms with Crippen LogP contribution in [-0.4, -0.2) is 18.6 Å². The van der Waals surface area contributed by atoms with Crippen molar-refractivity contribution in [1.82, 2.24) is 10.2 Å². The van der Waals surface area contributed by atoms with Crippen molar-refractivity contribution in [2.75, 3.05) is 4.72 Å². The Hall–Kier alpha value is -0.760. The third kappa shape index (κ3) is 3.71. The van der Waals surface area contributed by atoms with Gasteiger partial charge >= 0.3 is 0 Å². The van der Waals surface area contributed by atoms with Gasteiger partial charge in [-0.25, -0.2) is 8.42 Å². The van der Waals surface area contributed by atoms with Crippen LogP contribution in [0.1, 0.15) is 25.5 Å². The topological polar surface area (TPSA) is 74.8 Å². The number of nitrogens with one attached hydrogen (secondary N) is 2. The number of anilines is 1. The minimum atomic E-state index is -3.92. The molecule has 0 unspecified atom stereocenters. The first-order chi connectivity index (χ1) is 9.70. The number of halogens is 3. The maximum atomic E-state index is 12.4. The summed E-state index contributed by atoms with van der Waals surface area (Å²) in [5.41, 5.74) is 0.820. The van der Waals surface area contributed by atoms with Crippen molar-refractivity contribution in [2.45, 2.75) is 24.7 Å². The van der Waals surface area contributed by atoms with Gasteiger partial charge in [0.1, 0.15) is 4.90 Å². The van der Waals surface area contributed by atoms with Gasteiger partial charge in [0, 0.05) is 16.2 Å².